The van der Waals surface area contributed by atoms with E-state index in [2.05, 4.69) is 17.6 Å². The Bertz CT molecular complexity index is 667. The topological polar surface area (TPSA) is 50.4 Å². The van der Waals surface area contributed by atoms with Crippen LogP contribution in [0.15, 0.2) is 48.5 Å². The highest BCUT2D eigenvalue weighted by Gasteiger charge is 2.06. The molecule has 1 amide bonds. The molecule has 0 spiro atoms. The monoisotopic (exact) mass is 366 g/mol. The number of hydrogen-bond donors (Lipinski definition) is 2. The van der Waals surface area contributed by atoms with Gasteiger partial charge in [-0.1, -0.05) is 25.1 Å². The van der Waals surface area contributed by atoms with Gasteiger partial charge in [0.15, 0.2) is 0 Å². The number of amides is 1. The number of rotatable bonds is 9. The summed E-state index contributed by atoms with van der Waals surface area (Å²) >= 11 is 0. The van der Waals surface area contributed by atoms with E-state index >= 15 is 0 Å². The molecule has 0 heterocycles. The standard InChI is InChI=1S/C19H23FN2O2.ClH/c1-2-9-21-10-11-22-19(23)16-6-3-5-15(12-16)14-24-18-8-4-7-17(20)13-18;/h3-8,12-13,21H,2,9-11,14H2,1H3,(H,22,23);1H. The van der Waals surface area contributed by atoms with Gasteiger partial charge in [-0.25, -0.2) is 4.39 Å². The van der Waals surface area contributed by atoms with Crippen LogP contribution in [0.25, 0.3) is 0 Å². The Labute approximate surface area is 154 Å². The van der Waals surface area contributed by atoms with Gasteiger partial charge in [0.2, 0.25) is 0 Å². The summed E-state index contributed by atoms with van der Waals surface area (Å²) in [5, 5.41) is 6.11. The second-order valence-electron chi connectivity index (χ2n) is 5.45. The average molecular weight is 367 g/mol. The molecule has 0 atom stereocenters. The van der Waals surface area contributed by atoms with E-state index in [1.54, 1.807) is 24.3 Å². The van der Waals surface area contributed by atoms with Crippen molar-refractivity contribution in [3.63, 3.8) is 0 Å². The van der Waals surface area contributed by atoms with Gasteiger partial charge < -0.3 is 15.4 Å². The first-order valence-electron chi connectivity index (χ1n) is 8.15. The maximum atomic E-state index is 13.1. The van der Waals surface area contributed by atoms with Crippen molar-refractivity contribution in [3.8, 4) is 5.75 Å². The van der Waals surface area contributed by atoms with E-state index in [4.69, 9.17) is 4.74 Å². The zero-order valence-electron chi connectivity index (χ0n) is 14.3. The highest BCUT2D eigenvalue weighted by Crippen LogP contribution is 2.14. The lowest BCUT2D eigenvalue weighted by atomic mass is 10.1. The molecule has 0 aliphatic heterocycles. The summed E-state index contributed by atoms with van der Waals surface area (Å²) in [6, 6.07) is 13.2. The first-order valence-corrected chi connectivity index (χ1v) is 8.15. The van der Waals surface area contributed by atoms with Crippen LogP contribution in [0.2, 0.25) is 0 Å². The quantitative estimate of drug-likeness (QED) is 0.667. The van der Waals surface area contributed by atoms with Gasteiger partial charge in [-0.15, -0.1) is 12.4 Å². The Balaban J connectivity index is 0.00000312. The van der Waals surface area contributed by atoms with E-state index in [1.807, 2.05) is 12.1 Å². The smallest absolute Gasteiger partial charge is 0.251 e. The Morgan fingerprint density at radius 1 is 1.08 bits per heavy atom. The molecule has 0 unspecified atom stereocenters. The molecule has 0 bridgehead atoms. The summed E-state index contributed by atoms with van der Waals surface area (Å²) in [5.41, 5.74) is 1.45. The fourth-order valence-corrected chi connectivity index (χ4v) is 2.19. The van der Waals surface area contributed by atoms with Crippen molar-refractivity contribution >= 4 is 18.3 Å². The van der Waals surface area contributed by atoms with Gasteiger partial charge in [0.05, 0.1) is 0 Å². The second kappa shape index (κ2) is 11.4. The summed E-state index contributed by atoms with van der Waals surface area (Å²) in [6.07, 6.45) is 1.07. The minimum Gasteiger partial charge on any atom is -0.489 e. The average Bonchev–Trinajstić information content (AvgIpc) is 2.60. The van der Waals surface area contributed by atoms with Gasteiger partial charge >= 0.3 is 0 Å². The molecule has 136 valence electrons. The van der Waals surface area contributed by atoms with Crippen molar-refractivity contribution in [2.45, 2.75) is 20.0 Å². The van der Waals surface area contributed by atoms with E-state index in [1.165, 1.54) is 12.1 Å². The van der Waals surface area contributed by atoms with Crippen LogP contribution in [-0.2, 0) is 6.61 Å². The molecule has 0 aromatic heterocycles. The normalized spacial score (nSPS) is 10.0. The van der Waals surface area contributed by atoms with Crippen molar-refractivity contribution in [1.29, 1.82) is 0 Å². The number of halogens is 2. The molecule has 0 radical (unpaired) electrons. The zero-order chi connectivity index (χ0) is 17.2. The van der Waals surface area contributed by atoms with Crippen LogP contribution >= 0.6 is 12.4 Å². The maximum absolute atomic E-state index is 13.1. The number of ether oxygens (including phenoxy) is 1. The Morgan fingerprint density at radius 3 is 2.64 bits per heavy atom. The van der Waals surface area contributed by atoms with Gasteiger partial charge in [0.1, 0.15) is 18.2 Å². The van der Waals surface area contributed by atoms with Crippen molar-refractivity contribution < 1.29 is 13.9 Å². The van der Waals surface area contributed by atoms with Crippen molar-refractivity contribution in [1.82, 2.24) is 10.6 Å². The van der Waals surface area contributed by atoms with Crippen molar-refractivity contribution in [3.05, 3.63) is 65.5 Å². The Morgan fingerprint density at radius 2 is 1.88 bits per heavy atom. The number of carbonyl (C=O) groups excluding carboxylic acids is 1. The van der Waals surface area contributed by atoms with Crippen molar-refractivity contribution in [2.75, 3.05) is 19.6 Å². The molecule has 4 nitrogen and oxygen atoms in total. The molecule has 2 aromatic carbocycles. The van der Waals surface area contributed by atoms with E-state index in [0.717, 1.165) is 25.1 Å². The molecule has 0 saturated heterocycles. The summed E-state index contributed by atoms with van der Waals surface area (Å²) in [7, 11) is 0. The maximum Gasteiger partial charge on any atom is 0.251 e. The lowest BCUT2D eigenvalue weighted by Gasteiger charge is -2.09. The molecule has 0 saturated carbocycles. The largest absolute Gasteiger partial charge is 0.489 e. The molecule has 0 fully saturated rings. The zero-order valence-corrected chi connectivity index (χ0v) is 15.1. The van der Waals surface area contributed by atoms with Crippen LogP contribution in [0.3, 0.4) is 0 Å². The van der Waals surface area contributed by atoms with Gasteiger partial charge in [-0.2, -0.15) is 0 Å². The number of nitrogens with one attached hydrogen (secondary N) is 2. The predicted octanol–water partition coefficient (Wildman–Crippen LogP) is 3.56. The van der Waals surface area contributed by atoms with Crippen LogP contribution < -0.4 is 15.4 Å². The minimum atomic E-state index is -0.336. The molecule has 2 aromatic rings. The third-order valence-corrected chi connectivity index (χ3v) is 3.40. The summed E-state index contributed by atoms with van der Waals surface area (Å²) < 4.78 is 18.7. The highest BCUT2D eigenvalue weighted by molar-refractivity contribution is 5.94. The first kappa shape index (κ1) is 20.9. The third-order valence-electron chi connectivity index (χ3n) is 3.40. The van der Waals surface area contributed by atoms with Crippen LogP contribution in [0.1, 0.15) is 29.3 Å². The molecular formula is C19H24ClFN2O2. The fraction of sp³-hybridized carbons (Fsp3) is 0.316. The molecule has 2 N–H and O–H groups in total. The number of benzene rings is 2. The highest BCUT2D eigenvalue weighted by atomic mass is 35.5. The second-order valence-corrected chi connectivity index (χ2v) is 5.45. The van der Waals surface area contributed by atoms with Gasteiger partial charge in [-0.3, -0.25) is 4.79 Å². The van der Waals surface area contributed by atoms with Gasteiger partial charge in [0, 0.05) is 24.7 Å². The van der Waals surface area contributed by atoms with E-state index in [-0.39, 0.29) is 30.7 Å². The van der Waals surface area contributed by atoms with Crippen molar-refractivity contribution in [2.24, 2.45) is 0 Å². The molecule has 0 aliphatic carbocycles. The SMILES string of the molecule is CCCNCCNC(=O)c1cccc(COc2cccc(F)c2)c1.Cl. The number of hydrogen-bond acceptors (Lipinski definition) is 3. The number of carbonyl (C=O) groups is 1. The van der Waals surface area contributed by atoms with Crippen LogP contribution in [0.5, 0.6) is 5.75 Å². The lowest BCUT2D eigenvalue weighted by molar-refractivity contribution is 0.0954. The summed E-state index contributed by atoms with van der Waals surface area (Å²) in [4.78, 5) is 12.1. The predicted molar refractivity (Wildman–Crippen MR) is 99.9 cm³/mol. The molecule has 2 rings (SSSR count). The van der Waals surface area contributed by atoms with E-state index in [0.29, 0.717) is 17.9 Å². The van der Waals surface area contributed by atoms with Gasteiger partial charge in [0.25, 0.3) is 5.91 Å². The van der Waals surface area contributed by atoms with Crippen LogP contribution in [0, 0.1) is 5.82 Å². The molecular weight excluding hydrogens is 343 g/mol. The van der Waals surface area contributed by atoms with Crippen LogP contribution in [0.4, 0.5) is 4.39 Å². The van der Waals surface area contributed by atoms with Gasteiger partial charge in [-0.05, 0) is 42.8 Å². The minimum absolute atomic E-state index is 0. The van der Waals surface area contributed by atoms with Crippen LogP contribution in [-0.4, -0.2) is 25.5 Å². The molecule has 0 aliphatic rings. The Kier molecular flexibility index (Phi) is 9.58. The lowest BCUT2D eigenvalue weighted by Crippen LogP contribution is -2.32. The third kappa shape index (κ3) is 7.54. The fourth-order valence-electron chi connectivity index (χ4n) is 2.19. The Hall–Kier alpha value is -2.11. The van der Waals surface area contributed by atoms with E-state index < -0.39 is 0 Å². The summed E-state index contributed by atoms with van der Waals surface area (Å²) in [6.45, 7) is 4.67. The molecule has 25 heavy (non-hydrogen) atoms. The molecule has 6 heteroatoms. The van der Waals surface area contributed by atoms with E-state index in [9.17, 15) is 9.18 Å². The first-order chi connectivity index (χ1) is 11.7. The summed E-state index contributed by atoms with van der Waals surface area (Å²) in [5.74, 6) is 0.0186.